The van der Waals surface area contributed by atoms with Gasteiger partial charge in [0.25, 0.3) is 0 Å². The van der Waals surface area contributed by atoms with E-state index < -0.39 is 9.84 Å². The highest BCUT2D eigenvalue weighted by atomic mass is 32.2. The van der Waals surface area contributed by atoms with Gasteiger partial charge < -0.3 is 9.88 Å². The molecular formula is C15H25N3O3S. The van der Waals surface area contributed by atoms with Gasteiger partial charge in [-0.3, -0.25) is 9.69 Å². The van der Waals surface area contributed by atoms with Gasteiger partial charge in [-0.25, -0.2) is 8.42 Å². The van der Waals surface area contributed by atoms with Crippen LogP contribution in [0.4, 0.5) is 0 Å². The Bertz CT molecular complexity index is 609. The number of carbonyl (C=O) groups excluding carboxylic acids is 1. The van der Waals surface area contributed by atoms with Crippen LogP contribution in [0, 0.1) is 5.92 Å². The molecular weight excluding hydrogens is 302 g/mol. The fraction of sp³-hybridized carbons (Fsp3) is 0.667. The second-order valence-electron chi connectivity index (χ2n) is 5.87. The van der Waals surface area contributed by atoms with Crippen molar-refractivity contribution < 1.29 is 13.2 Å². The largest absolute Gasteiger partial charge is 0.359 e. The third-order valence-electron chi connectivity index (χ3n) is 4.19. The summed E-state index contributed by atoms with van der Waals surface area (Å²) in [6.45, 7) is 4.47. The monoisotopic (exact) mass is 327 g/mol. The average Bonchev–Trinajstić information content (AvgIpc) is 2.84. The second-order valence-corrected chi connectivity index (χ2v) is 8.34. The van der Waals surface area contributed by atoms with Crippen molar-refractivity contribution >= 4 is 15.7 Å². The summed E-state index contributed by atoms with van der Waals surface area (Å²) >= 11 is 0. The first-order valence-corrected chi connectivity index (χ1v) is 9.53. The number of hydrogen-bond donors (Lipinski definition) is 1. The van der Waals surface area contributed by atoms with Crippen LogP contribution in [0.5, 0.6) is 0 Å². The Hall–Kier alpha value is -1.34. The molecule has 0 radical (unpaired) electrons. The van der Waals surface area contributed by atoms with E-state index in [-0.39, 0.29) is 23.3 Å². The summed E-state index contributed by atoms with van der Waals surface area (Å²) in [4.78, 5) is 13.8. The van der Waals surface area contributed by atoms with Crippen LogP contribution in [0.3, 0.4) is 0 Å². The molecule has 1 amide bonds. The maximum Gasteiger partial charge on any atom is 0.220 e. The molecule has 1 aliphatic rings. The molecule has 0 saturated carbocycles. The van der Waals surface area contributed by atoms with Crippen molar-refractivity contribution in [3.05, 3.63) is 24.0 Å². The number of fused-ring (bicyclic) bond motifs is 1. The summed E-state index contributed by atoms with van der Waals surface area (Å²) in [7, 11) is -1.32. The summed E-state index contributed by atoms with van der Waals surface area (Å²) in [5, 5.41) is 2.67. The quantitative estimate of drug-likeness (QED) is 0.825. The smallest absolute Gasteiger partial charge is 0.220 e. The summed E-state index contributed by atoms with van der Waals surface area (Å²) in [6, 6.07) is 4.06. The molecule has 1 N–H and O–H groups in total. The van der Waals surface area contributed by atoms with Gasteiger partial charge in [0.1, 0.15) is 0 Å². The number of carbonyl (C=O) groups is 1. The number of amides is 1. The zero-order valence-electron chi connectivity index (χ0n) is 13.3. The van der Waals surface area contributed by atoms with Crippen molar-refractivity contribution in [2.75, 3.05) is 31.6 Å². The summed E-state index contributed by atoms with van der Waals surface area (Å²) < 4.78 is 25.6. The van der Waals surface area contributed by atoms with E-state index in [0.717, 1.165) is 19.6 Å². The van der Waals surface area contributed by atoms with E-state index >= 15 is 0 Å². The molecule has 1 atom stereocenters. The predicted molar refractivity (Wildman–Crippen MR) is 86.2 cm³/mol. The van der Waals surface area contributed by atoms with Crippen LogP contribution >= 0.6 is 0 Å². The van der Waals surface area contributed by atoms with Gasteiger partial charge in [-0.15, -0.1) is 0 Å². The molecule has 1 aliphatic heterocycles. The maximum absolute atomic E-state index is 11.7. The van der Waals surface area contributed by atoms with Gasteiger partial charge in [0.05, 0.1) is 5.75 Å². The van der Waals surface area contributed by atoms with Gasteiger partial charge >= 0.3 is 0 Å². The van der Waals surface area contributed by atoms with E-state index in [9.17, 15) is 13.2 Å². The summed E-state index contributed by atoms with van der Waals surface area (Å²) in [5.74, 6) is 0.579. The van der Waals surface area contributed by atoms with E-state index in [1.807, 2.05) is 12.3 Å². The molecule has 6 nitrogen and oxygen atoms in total. The summed E-state index contributed by atoms with van der Waals surface area (Å²) in [6.07, 6.45) is 2.49. The van der Waals surface area contributed by atoms with Crippen molar-refractivity contribution in [1.82, 2.24) is 14.8 Å². The normalized spacial score (nSPS) is 19.5. The third kappa shape index (κ3) is 4.58. The van der Waals surface area contributed by atoms with E-state index in [1.165, 1.54) is 5.69 Å². The van der Waals surface area contributed by atoms with Crippen LogP contribution in [0.25, 0.3) is 0 Å². The first kappa shape index (κ1) is 17.0. The number of nitrogens with one attached hydrogen (secondary N) is 1. The molecule has 22 heavy (non-hydrogen) atoms. The lowest BCUT2D eigenvalue weighted by Gasteiger charge is -2.23. The molecule has 0 saturated heterocycles. The Morgan fingerprint density at radius 3 is 2.86 bits per heavy atom. The Balaban J connectivity index is 2.08. The van der Waals surface area contributed by atoms with Gasteiger partial charge in [-0.1, -0.05) is 6.92 Å². The predicted octanol–water partition coefficient (Wildman–Crippen LogP) is 0.491. The van der Waals surface area contributed by atoms with Crippen LogP contribution in [-0.2, 0) is 27.7 Å². The lowest BCUT2D eigenvalue weighted by atomic mass is 10.0. The van der Waals surface area contributed by atoms with Crippen molar-refractivity contribution in [3.8, 4) is 0 Å². The van der Waals surface area contributed by atoms with Gasteiger partial charge in [0.2, 0.25) is 5.91 Å². The van der Waals surface area contributed by atoms with Crippen LogP contribution in [0.1, 0.15) is 19.0 Å². The molecule has 2 heterocycles. The Morgan fingerprint density at radius 2 is 2.18 bits per heavy atom. The number of rotatable bonds is 6. The standard InChI is InChI=1S/C15H25N3O3S/c1-3-22(20,21)8-7-17-10-13(9-15(19)16-2)11-18-6-4-5-14(18)12-17/h4-6,13H,3,7-12H2,1-2H3,(H,16,19)/t13-/m1/s1. The average molecular weight is 327 g/mol. The molecule has 0 fully saturated rings. The van der Waals surface area contributed by atoms with Crippen LogP contribution in [0.15, 0.2) is 18.3 Å². The van der Waals surface area contributed by atoms with Crippen molar-refractivity contribution in [2.45, 2.75) is 26.4 Å². The zero-order valence-corrected chi connectivity index (χ0v) is 14.1. The minimum absolute atomic E-state index is 0.0294. The molecule has 7 heteroatoms. The van der Waals surface area contributed by atoms with Crippen LogP contribution in [-0.4, -0.2) is 55.4 Å². The molecule has 2 rings (SSSR count). The highest BCUT2D eigenvalue weighted by Gasteiger charge is 2.24. The zero-order chi connectivity index (χ0) is 16.2. The Morgan fingerprint density at radius 1 is 1.41 bits per heavy atom. The van der Waals surface area contributed by atoms with Gasteiger partial charge in [0, 0.05) is 57.3 Å². The van der Waals surface area contributed by atoms with E-state index in [0.29, 0.717) is 13.0 Å². The van der Waals surface area contributed by atoms with E-state index in [1.54, 1.807) is 14.0 Å². The Labute approximate surface area is 132 Å². The maximum atomic E-state index is 11.7. The number of sulfone groups is 1. The molecule has 0 unspecified atom stereocenters. The number of nitrogens with zero attached hydrogens (tertiary/aromatic N) is 2. The Kier molecular flexibility index (Phi) is 5.63. The number of hydrogen-bond acceptors (Lipinski definition) is 4. The molecule has 1 aromatic rings. The fourth-order valence-electron chi connectivity index (χ4n) is 2.84. The topological polar surface area (TPSA) is 71.4 Å². The molecule has 0 bridgehead atoms. The lowest BCUT2D eigenvalue weighted by molar-refractivity contribution is -0.121. The van der Waals surface area contributed by atoms with E-state index in [4.69, 9.17) is 0 Å². The highest BCUT2D eigenvalue weighted by Crippen LogP contribution is 2.19. The lowest BCUT2D eigenvalue weighted by Crippen LogP contribution is -2.34. The first-order chi connectivity index (χ1) is 10.4. The third-order valence-corrected chi connectivity index (χ3v) is 5.88. The van der Waals surface area contributed by atoms with Crippen molar-refractivity contribution in [3.63, 3.8) is 0 Å². The molecule has 0 aromatic carbocycles. The van der Waals surface area contributed by atoms with Crippen molar-refractivity contribution in [1.29, 1.82) is 0 Å². The highest BCUT2D eigenvalue weighted by molar-refractivity contribution is 7.91. The number of aromatic nitrogens is 1. The molecule has 0 spiro atoms. The second kappa shape index (κ2) is 7.28. The molecule has 0 aliphatic carbocycles. The molecule has 124 valence electrons. The first-order valence-electron chi connectivity index (χ1n) is 7.71. The SMILES string of the molecule is CCS(=O)(=O)CCN1Cc2cccn2C[C@H](CC(=O)NC)C1. The van der Waals surface area contributed by atoms with Gasteiger partial charge in [-0.05, 0) is 18.1 Å². The van der Waals surface area contributed by atoms with Crippen LogP contribution < -0.4 is 5.32 Å². The van der Waals surface area contributed by atoms with E-state index in [2.05, 4.69) is 20.9 Å². The minimum atomic E-state index is -2.97. The van der Waals surface area contributed by atoms with Crippen molar-refractivity contribution in [2.24, 2.45) is 5.92 Å². The fourth-order valence-corrected chi connectivity index (χ4v) is 3.67. The minimum Gasteiger partial charge on any atom is -0.359 e. The van der Waals surface area contributed by atoms with Gasteiger partial charge in [0.15, 0.2) is 9.84 Å². The molecule has 1 aromatic heterocycles. The summed E-state index contributed by atoms with van der Waals surface area (Å²) in [5.41, 5.74) is 1.17. The van der Waals surface area contributed by atoms with Crippen LogP contribution in [0.2, 0.25) is 0 Å². The van der Waals surface area contributed by atoms with Gasteiger partial charge in [-0.2, -0.15) is 0 Å².